The first-order chi connectivity index (χ1) is 29.7. The third-order valence-electron chi connectivity index (χ3n) is 10.6. The van der Waals surface area contributed by atoms with Crippen molar-refractivity contribution in [2.24, 2.45) is 11.5 Å². The van der Waals surface area contributed by atoms with Gasteiger partial charge in [-0.05, 0) is 90.1 Å². The van der Waals surface area contributed by atoms with Crippen molar-refractivity contribution >= 4 is 30.9 Å². The maximum atomic E-state index is 11.9. The summed E-state index contributed by atoms with van der Waals surface area (Å²) in [5.74, 6) is 0. The van der Waals surface area contributed by atoms with Gasteiger partial charge in [-0.3, -0.25) is 0 Å². The second-order valence-electron chi connectivity index (χ2n) is 15.7. The zero-order chi connectivity index (χ0) is 42.6. The Bertz CT molecular complexity index is 2260. The van der Waals surface area contributed by atoms with Crippen molar-refractivity contribution in [3.63, 3.8) is 0 Å². The predicted molar refractivity (Wildman–Crippen MR) is 253 cm³/mol. The Balaban J connectivity index is 0.000000209. The standard InChI is InChI=1S/C19H23N3O3.2C14H15N3O.CH4.2ClH/c1-19(2,3)25-18(23)22-11-17-16-6-4-5-14(15(16)7-8-24-17)13-9-20-12-21-10-13;2*15-6-14-13-3-1-2-11(12(13)4-5-18-14)10-7-16-9-17-8-10;;;/h4-6,9-10,12,17H,7-8,11H2,1-3H3,(H,22,23);2*1-3,7-9,14H,4-6,15H2;1H4;2*1H/t17-;2*14-;;;/m110.../s1. The summed E-state index contributed by atoms with van der Waals surface area (Å²) >= 11 is 0. The summed E-state index contributed by atoms with van der Waals surface area (Å²) in [5.41, 5.74) is 24.9. The monoisotopic (exact) mass is 911 g/mol. The molecule has 1 amide bonds. The number of rotatable bonds is 7. The van der Waals surface area contributed by atoms with Gasteiger partial charge >= 0.3 is 6.09 Å². The molecule has 64 heavy (non-hydrogen) atoms. The first-order valence-electron chi connectivity index (χ1n) is 20.6. The van der Waals surface area contributed by atoms with E-state index in [-0.39, 0.29) is 50.6 Å². The molecule has 3 aromatic carbocycles. The molecule has 16 heteroatoms. The van der Waals surface area contributed by atoms with E-state index in [2.05, 4.69) is 65.6 Å². The Labute approximate surface area is 388 Å². The second kappa shape index (κ2) is 24.6. The summed E-state index contributed by atoms with van der Waals surface area (Å²) < 4.78 is 22.5. The lowest BCUT2D eigenvalue weighted by molar-refractivity contribution is 0.0289. The highest BCUT2D eigenvalue weighted by Crippen LogP contribution is 2.36. The molecule has 3 atom stereocenters. The van der Waals surface area contributed by atoms with Crippen molar-refractivity contribution in [1.82, 2.24) is 35.2 Å². The van der Waals surface area contributed by atoms with Gasteiger partial charge in [-0.15, -0.1) is 24.8 Å². The van der Waals surface area contributed by atoms with E-state index in [0.717, 1.165) is 60.3 Å². The van der Waals surface area contributed by atoms with Crippen molar-refractivity contribution in [3.8, 4) is 33.4 Å². The molecule has 3 aliphatic heterocycles. The fourth-order valence-corrected chi connectivity index (χ4v) is 7.91. The average molecular weight is 913 g/mol. The van der Waals surface area contributed by atoms with Crippen LogP contribution in [0.5, 0.6) is 0 Å². The molecule has 6 aromatic rings. The number of ether oxygens (including phenoxy) is 4. The lowest BCUT2D eigenvalue weighted by atomic mass is 9.90. The van der Waals surface area contributed by atoms with Crippen molar-refractivity contribution in [1.29, 1.82) is 0 Å². The molecule has 0 unspecified atom stereocenters. The molecule has 0 spiro atoms. The third-order valence-corrected chi connectivity index (χ3v) is 10.6. The van der Waals surface area contributed by atoms with Crippen molar-refractivity contribution in [3.05, 3.63) is 144 Å². The number of fused-ring (bicyclic) bond motifs is 3. The lowest BCUT2D eigenvalue weighted by Crippen LogP contribution is -2.36. The minimum absolute atomic E-state index is 0. The third kappa shape index (κ3) is 12.8. The minimum atomic E-state index is -0.518. The van der Waals surface area contributed by atoms with Gasteiger partial charge in [-0.25, -0.2) is 34.7 Å². The molecule has 0 bridgehead atoms. The molecule has 0 aliphatic carbocycles. The van der Waals surface area contributed by atoms with Gasteiger partial charge in [0.15, 0.2) is 0 Å². The average Bonchev–Trinajstić information content (AvgIpc) is 3.30. The number of benzene rings is 3. The Kier molecular flexibility index (Phi) is 19.6. The molecule has 3 aromatic heterocycles. The van der Waals surface area contributed by atoms with Crippen LogP contribution in [0.15, 0.2) is 111 Å². The van der Waals surface area contributed by atoms with Crippen LogP contribution < -0.4 is 16.8 Å². The van der Waals surface area contributed by atoms with E-state index in [9.17, 15) is 4.79 Å². The molecule has 340 valence electrons. The van der Waals surface area contributed by atoms with Gasteiger partial charge in [0.2, 0.25) is 0 Å². The van der Waals surface area contributed by atoms with Gasteiger partial charge in [0.1, 0.15) is 30.7 Å². The molecule has 14 nitrogen and oxygen atoms in total. The number of aromatic nitrogens is 6. The predicted octanol–water partition coefficient (Wildman–Crippen LogP) is 8.19. The van der Waals surface area contributed by atoms with Crippen LogP contribution in [0, 0.1) is 0 Å². The van der Waals surface area contributed by atoms with Crippen LogP contribution in [0.4, 0.5) is 4.79 Å². The molecule has 0 radical (unpaired) electrons. The first kappa shape index (κ1) is 51.2. The van der Waals surface area contributed by atoms with Crippen molar-refractivity contribution in [2.75, 3.05) is 39.5 Å². The Morgan fingerprint density at radius 2 is 0.922 bits per heavy atom. The number of alkyl carbamates (subject to hydrolysis) is 1. The topological polar surface area (TPSA) is 195 Å². The fraction of sp³-hybridized carbons (Fsp3) is 0.354. The van der Waals surface area contributed by atoms with Crippen LogP contribution in [-0.4, -0.2) is 81.1 Å². The number of halogens is 2. The zero-order valence-electron chi connectivity index (χ0n) is 35.7. The molecular weight excluding hydrogens is 853 g/mol. The number of nitrogens with one attached hydrogen (secondary N) is 1. The summed E-state index contributed by atoms with van der Waals surface area (Å²) in [7, 11) is 0. The molecular formula is C48H59Cl2N9O5. The summed E-state index contributed by atoms with van der Waals surface area (Å²) in [6, 6.07) is 18.6. The Morgan fingerprint density at radius 3 is 1.25 bits per heavy atom. The smallest absolute Gasteiger partial charge is 0.407 e. The molecule has 0 saturated carbocycles. The maximum Gasteiger partial charge on any atom is 0.407 e. The number of hydrogen-bond donors (Lipinski definition) is 3. The van der Waals surface area contributed by atoms with E-state index in [1.807, 2.05) is 82.2 Å². The Hall–Kier alpha value is -5.45. The maximum absolute atomic E-state index is 11.9. The highest BCUT2D eigenvalue weighted by molar-refractivity contribution is 5.85. The molecule has 5 N–H and O–H groups in total. The number of nitrogens with two attached hydrogens (primary N) is 2. The van der Waals surface area contributed by atoms with E-state index < -0.39 is 11.7 Å². The highest BCUT2D eigenvalue weighted by Gasteiger charge is 2.26. The van der Waals surface area contributed by atoms with Gasteiger partial charge in [0.25, 0.3) is 0 Å². The summed E-state index contributed by atoms with van der Waals surface area (Å²) in [5, 5.41) is 2.80. The van der Waals surface area contributed by atoms with Gasteiger partial charge in [-0.2, -0.15) is 0 Å². The van der Waals surface area contributed by atoms with Gasteiger partial charge in [0, 0.05) is 67.0 Å². The van der Waals surface area contributed by atoms with Crippen LogP contribution >= 0.6 is 24.8 Å². The van der Waals surface area contributed by atoms with Gasteiger partial charge < -0.3 is 35.7 Å². The molecule has 6 heterocycles. The summed E-state index contributed by atoms with van der Waals surface area (Å²) in [6.45, 7) is 8.98. The largest absolute Gasteiger partial charge is 0.444 e. The lowest BCUT2D eigenvalue weighted by Gasteiger charge is -2.28. The van der Waals surface area contributed by atoms with E-state index in [1.54, 1.807) is 12.7 Å². The van der Waals surface area contributed by atoms with Gasteiger partial charge in [0.05, 0.1) is 38.6 Å². The van der Waals surface area contributed by atoms with Crippen molar-refractivity contribution in [2.45, 2.75) is 71.4 Å². The molecule has 3 aliphatic rings. The normalized spacial score (nSPS) is 16.9. The number of amides is 1. The molecule has 9 rings (SSSR count). The zero-order valence-corrected chi connectivity index (χ0v) is 37.3. The Morgan fingerprint density at radius 1 is 0.594 bits per heavy atom. The van der Waals surface area contributed by atoms with E-state index in [4.69, 9.17) is 30.4 Å². The first-order valence-corrected chi connectivity index (χ1v) is 20.6. The highest BCUT2D eigenvalue weighted by atomic mass is 35.5. The van der Waals surface area contributed by atoms with E-state index in [0.29, 0.717) is 26.2 Å². The fourth-order valence-electron chi connectivity index (χ4n) is 7.91. The number of carbonyl (C=O) groups is 1. The van der Waals surface area contributed by atoms with Crippen LogP contribution in [0.3, 0.4) is 0 Å². The van der Waals surface area contributed by atoms with Crippen molar-refractivity contribution < 1.29 is 23.7 Å². The minimum Gasteiger partial charge on any atom is -0.444 e. The number of nitrogens with zero attached hydrogens (tertiary/aromatic N) is 6. The van der Waals surface area contributed by atoms with Crippen LogP contribution in [0.2, 0.25) is 0 Å². The van der Waals surface area contributed by atoms with Crippen LogP contribution in [0.1, 0.15) is 79.9 Å². The quantitative estimate of drug-likeness (QED) is 0.139. The van der Waals surface area contributed by atoms with E-state index in [1.165, 1.54) is 45.3 Å². The van der Waals surface area contributed by atoms with E-state index >= 15 is 0 Å². The summed E-state index contributed by atoms with van der Waals surface area (Å²) in [4.78, 5) is 36.4. The van der Waals surface area contributed by atoms with Gasteiger partial charge in [-0.1, -0.05) is 62.0 Å². The van der Waals surface area contributed by atoms with Crippen LogP contribution in [-0.2, 0) is 38.2 Å². The number of hydrogen-bond acceptors (Lipinski definition) is 13. The molecule has 0 saturated heterocycles. The SMILES string of the molecule is C.CC(C)(C)OC(=O)NC[C@H]1OCCc2c(-c3cncnc3)cccc21.Cl.Cl.NC[C@@H]1OCCc2c(-c3cncnc3)cccc21.NC[C@H]1OCCc2c(-c3cncnc3)cccc21. The van der Waals surface area contributed by atoms with Crippen LogP contribution in [0.25, 0.3) is 33.4 Å². The molecule has 0 fully saturated rings. The summed E-state index contributed by atoms with van der Waals surface area (Å²) in [6.07, 6.45) is 17.7. The number of carbonyl (C=O) groups excluding carboxylic acids is 1. The second-order valence-corrected chi connectivity index (χ2v) is 15.7.